The summed E-state index contributed by atoms with van der Waals surface area (Å²) in [5.41, 5.74) is 0. The third-order valence-electron chi connectivity index (χ3n) is 2.39. The molecule has 0 spiro atoms. The zero-order valence-electron chi connectivity index (χ0n) is 9.41. The van der Waals surface area contributed by atoms with Gasteiger partial charge in [0.1, 0.15) is 12.4 Å². The molecule has 0 heterocycles. The minimum Gasteiger partial charge on any atom is -0.368 e. The Morgan fingerprint density at radius 3 is 2.60 bits per heavy atom. The Morgan fingerprint density at radius 2 is 2.07 bits per heavy atom. The van der Waals surface area contributed by atoms with E-state index in [1.807, 2.05) is 13.8 Å². The van der Waals surface area contributed by atoms with Crippen LogP contribution in [0.3, 0.4) is 0 Å². The quantitative estimate of drug-likeness (QED) is 0.759. The maximum absolute atomic E-state index is 11.3. The Labute approximate surface area is 90.4 Å². The highest BCUT2D eigenvalue weighted by Crippen LogP contribution is 2.17. The molecule has 0 saturated heterocycles. The van der Waals surface area contributed by atoms with Crippen LogP contribution in [0, 0.1) is 0 Å². The number of nitrogens with one attached hydrogen (secondary N) is 1. The van der Waals surface area contributed by atoms with E-state index < -0.39 is 0 Å². The molecule has 0 aromatic rings. The van der Waals surface area contributed by atoms with Crippen molar-refractivity contribution in [3.05, 3.63) is 0 Å². The normalized spacial score (nSPS) is 18.2. The highest BCUT2D eigenvalue weighted by molar-refractivity contribution is 5.79. The zero-order chi connectivity index (χ0) is 11.3. The van der Waals surface area contributed by atoms with Gasteiger partial charge in [-0.15, -0.1) is 0 Å². The van der Waals surface area contributed by atoms with Crippen molar-refractivity contribution in [2.24, 2.45) is 0 Å². The summed E-state index contributed by atoms with van der Waals surface area (Å²) in [6.45, 7) is 3.94. The average Bonchev–Trinajstić information content (AvgIpc) is 2.16. The van der Waals surface area contributed by atoms with Crippen molar-refractivity contribution in [1.82, 2.24) is 5.32 Å². The summed E-state index contributed by atoms with van der Waals surface area (Å²) >= 11 is 0. The first kappa shape index (κ1) is 12.2. The smallest absolute Gasteiger partial charge is 0.246 e. The van der Waals surface area contributed by atoms with Crippen LogP contribution in [0.4, 0.5) is 0 Å². The van der Waals surface area contributed by atoms with Crippen LogP contribution in [0.15, 0.2) is 0 Å². The number of rotatable bonds is 4. The van der Waals surface area contributed by atoms with Gasteiger partial charge in [-0.05, 0) is 26.7 Å². The van der Waals surface area contributed by atoms with Crippen molar-refractivity contribution in [2.75, 3.05) is 6.61 Å². The van der Waals surface area contributed by atoms with Crippen molar-refractivity contribution in [1.29, 1.82) is 0 Å². The molecule has 4 nitrogen and oxygen atoms in total. The predicted octanol–water partition coefficient (Wildman–Crippen LogP) is 1.04. The first-order valence-corrected chi connectivity index (χ1v) is 5.50. The van der Waals surface area contributed by atoms with E-state index in [0.717, 1.165) is 12.8 Å². The number of ketones is 1. The van der Waals surface area contributed by atoms with Gasteiger partial charge in [-0.3, -0.25) is 9.59 Å². The van der Waals surface area contributed by atoms with Crippen LogP contribution >= 0.6 is 0 Å². The predicted molar refractivity (Wildman–Crippen MR) is 56.5 cm³/mol. The van der Waals surface area contributed by atoms with Crippen LogP contribution in [-0.2, 0) is 14.3 Å². The van der Waals surface area contributed by atoms with E-state index in [1.54, 1.807) is 0 Å². The number of amides is 1. The summed E-state index contributed by atoms with van der Waals surface area (Å²) in [6.07, 6.45) is 2.79. The highest BCUT2D eigenvalue weighted by atomic mass is 16.5. The van der Waals surface area contributed by atoms with Crippen molar-refractivity contribution in [3.63, 3.8) is 0 Å². The molecule has 1 saturated carbocycles. The molecule has 4 heteroatoms. The van der Waals surface area contributed by atoms with Crippen LogP contribution in [0.2, 0.25) is 0 Å². The fourth-order valence-corrected chi connectivity index (χ4v) is 1.64. The van der Waals surface area contributed by atoms with Crippen molar-refractivity contribution in [2.45, 2.75) is 51.7 Å². The largest absolute Gasteiger partial charge is 0.368 e. The third-order valence-corrected chi connectivity index (χ3v) is 2.39. The summed E-state index contributed by atoms with van der Waals surface area (Å²) in [6, 6.07) is 0.147. The average molecular weight is 213 g/mol. The number of hydrogen-bond acceptors (Lipinski definition) is 3. The van der Waals surface area contributed by atoms with E-state index in [0.29, 0.717) is 18.6 Å². The molecule has 0 bridgehead atoms. The second-order valence-corrected chi connectivity index (χ2v) is 4.27. The van der Waals surface area contributed by atoms with E-state index >= 15 is 0 Å². The molecule has 0 radical (unpaired) electrons. The lowest BCUT2D eigenvalue weighted by molar-refractivity contribution is -0.130. The highest BCUT2D eigenvalue weighted by Gasteiger charge is 2.19. The molecule has 0 aromatic carbocycles. The Hall–Kier alpha value is -0.900. The van der Waals surface area contributed by atoms with Crippen LogP contribution < -0.4 is 5.32 Å². The second-order valence-electron chi connectivity index (χ2n) is 4.27. The van der Waals surface area contributed by atoms with E-state index in [9.17, 15) is 9.59 Å². The Kier molecular flexibility index (Phi) is 4.75. The maximum atomic E-state index is 11.3. The summed E-state index contributed by atoms with van der Waals surface area (Å²) < 4.78 is 5.43. The van der Waals surface area contributed by atoms with Gasteiger partial charge >= 0.3 is 0 Å². The molecule has 86 valence electrons. The minimum absolute atomic E-state index is 0.0816. The van der Waals surface area contributed by atoms with E-state index in [-0.39, 0.29) is 24.7 Å². The number of hydrogen-bond donors (Lipinski definition) is 1. The Balaban J connectivity index is 2.14. The molecule has 1 aliphatic rings. The van der Waals surface area contributed by atoms with Gasteiger partial charge in [0.25, 0.3) is 0 Å². The zero-order valence-corrected chi connectivity index (χ0v) is 9.41. The first-order chi connectivity index (χ1) is 7.08. The van der Waals surface area contributed by atoms with Crippen LogP contribution in [0.5, 0.6) is 0 Å². The Bertz CT molecular complexity index is 228. The van der Waals surface area contributed by atoms with E-state index in [2.05, 4.69) is 5.32 Å². The van der Waals surface area contributed by atoms with Gasteiger partial charge in [0.15, 0.2) is 0 Å². The molecular formula is C11H19NO3. The van der Waals surface area contributed by atoms with Crippen LogP contribution in [0.1, 0.15) is 39.5 Å². The summed E-state index contributed by atoms with van der Waals surface area (Å²) in [5, 5.41) is 2.76. The van der Waals surface area contributed by atoms with Crippen molar-refractivity contribution < 1.29 is 14.3 Å². The first-order valence-electron chi connectivity index (χ1n) is 5.50. The fourth-order valence-electron chi connectivity index (χ4n) is 1.64. The van der Waals surface area contributed by atoms with Gasteiger partial charge in [-0.1, -0.05) is 0 Å². The van der Waals surface area contributed by atoms with Crippen molar-refractivity contribution in [3.8, 4) is 0 Å². The van der Waals surface area contributed by atoms with Gasteiger partial charge in [0, 0.05) is 18.9 Å². The second kappa shape index (κ2) is 5.85. The van der Waals surface area contributed by atoms with E-state index in [4.69, 9.17) is 4.74 Å². The topological polar surface area (TPSA) is 55.4 Å². The lowest BCUT2D eigenvalue weighted by Gasteiger charge is -2.21. The number of ether oxygens (including phenoxy) is 1. The van der Waals surface area contributed by atoms with Gasteiger partial charge in [0.2, 0.25) is 5.91 Å². The van der Waals surface area contributed by atoms with Gasteiger partial charge in [-0.25, -0.2) is 0 Å². The molecule has 0 aliphatic heterocycles. The van der Waals surface area contributed by atoms with Gasteiger partial charge in [0.05, 0.1) is 6.10 Å². The van der Waals surface area contributed by atoms with Crippen LogP contribution in [-0.4, -0.2) is 30.4 Å². The SMILES string of the molecule is CC(C)NC(=O)COC1CCC(=O)CC1. The summed E-state index contributed by atoms with van der Waals surface area (Å²) in [4.78, 5) is 22.2. The lowest BCUT2D eigenvalue weighted by atomic mass is 9.96. The summed E-state index contributed by atoms with van der Waals surface area (Å²) in [5.74, 6) is 0.225. The molecule has 1 aliphatic carbocycles. The number of carbonyl (C=O) groups excluding carboxylic acids is 2. The third kappa shape index (κ3) is 4.93. The van der Waals surface area contributed by atoms with E-state index in [1.165, 1.54) is 0 Å². The molecule has 1 N–H and O–H groups in total. The van der Waals surface area contributed by atoms with Crippen LogP contribution in [0.25, 0.3) is 0 Å². The molecule has 0 atom stereocenters. The van der Waals surface area contributed by atoms with Gasteiger partial charge in [-0.2, -0.15) is 0 Å². The Morgan fingerprint density at radius 1 is 1.47 bits per heavy atom. The molecule has 1 fully saturated rings. The lowest BCUT2D eigenvalue weighted by Crippen LogP contribution is -2.35. The number of carbonyl (C=O) groups is 2. The molecule has 0 aromatic heterocycles. The molecule has 1 amide bonds. The summed E-state index contributed by atoms with van der Waals surface area (Å²) in [7, 11) is 0. The molecule has 0 unspecified atom stereocenters. The molecule has 1 rings (SSSR count). The molecule has 15 heavy (non-hydrogen) atoms. The maximum Gasteiger partial charge on any atom is 0.246 e. The number of Topliss-reactive ketones (excluding diaryl/α,β-unsaturated/α-hetero) is 1. The monoisotopic (exact) mass is 213 g/mol. The fraction of sp³-hybridized carbons (Fsp3) is 0.818. The standard InChI is InChI=1S/C11H19NO3/c1-8(2)12-11(14)7-15-10-5-3-9(13)4-6-10/h8,10H,3-7H2,1-2H3,(H,12,14). The van der Waals surface area contributed by atoms with Crippen molar-refractivity contribution >= 4 is 11.7 Å². The minimum atomic E-state index is -0.0816. The van der Waals surface area contributed by atoms with Gasteiger partial charge < -0.3 is 10.1 Å². The molecular weight excluding hydrogens is 194 g/mol.